The van der Waals surface area contributed by atoms with E-state index >= 15 is 0 Å². The molecule has 0 bridgehead atoms. The molecule has 0 heterocycles. The van der Waals surface area contributed by atoms with Crippen molar-refractivity contribution in [2.45, 2.75) is 6.42 Å². The van der Waals surface area contributed by atoms with Crippen LogP contribution < -0.4 is 14.2 Å². The third-order valence-electron chi connectivity index (χ3n) is 2.29. The molecule has 1 rings (SSSR count). The standard InChI is InChI=1S/C13H16O5/c1-16-10-7-9(5-4-6-12(14)15)8-11(17-2)13(10)18-3/h4-5,7-8H,6H2,1-3H3,(H,14,15). The fraction of sp³-hybridized carbons (Fsp3) is 0.308. The largest absolute Gasteiger partial charge is 0.493 e. The minimum Gasteiger partial charge on any atom is -0.493 e. The molecule has 18 heavy (non-hydrogen) atoms. The Morgan fingerprint density at radius 1 is 1.17 bits per heavy atom. The number of ether oxygens (including phenoxy) is 3. The van der Waals surface area contributed by atoms with Crippen LogP contribution in [0.1, 0.15) is 12.0 Å². The molecule has 1 N–H and O–H groups in total. The Balaban J connectivity index is 3.07. The summed E-state index contributed by atoms with van der Waals surface area (Å²) in [5.74, 6) is 0.702. The zero-order valence-electron chi connectivity index (χ0n) is 10.6. The van der Waals surface area contributed by atoms with Gasteiger partial charge in [-0.15, -0.1) is 0 Å². The summed E-state index contributed by atoms with van der Waals surface area (Å²) in [5.41, 5.74) is 0.783. The van der Waals surface area contributed by atoms with Crippen LogP contribution in [0.5, 0.6) is 17.2 Å². The molecule has 0 amide bonds. The average Bonchev–Trinajstić information content (AvgIpc) is 2.36. The highest BCUT2D eigenvalue weighted by atomic mass is 16.5. The van der Waals surface area contributed by atoms with E-state index in [1.165, 1.54) is 21.3 Å². The van der Waals surface area contributed by atoms with Crippen molar-refractivity contribution >= 4 is 12.0 Å². The number of carboxylic acids is 1. The van der Waals surface area contributed by atoms with E-state index in [4.69, 9.17) is 19.3 Å². The summed E-state index contributed by atoms with van der Waals surface area (Å²) >= 11 is 0. The van der Waals surface area contributed by atoms with Gasteiger partial charge < -0.3 is 19.3 Å². The molecule has 98 valence electrons. The minimum absolute atomic E-state index is 0.0311. The summed E-state index contributed by atoms with van der Waals surface area (Å²) in [5, 5.41) is 8.55. The summed E-state index contributed by atoms with van der Waals surface area (Å²) < 4.78 is 15.6. The molecular weight excluding hydrogens is 236 g/mol. The third-order valence-corrected chi connectivity index (χ3v) is 2.29. The molecule has 0 aliphatic heterocycles. The SMILES string of the molecule is COc1cc(C=CCC(=O)O)cc(OC)c1OC. The first-order chi connectivity index (χ1) is 8.62. The molecule has 0 aromatic heterocycles. The van der Waals surface area contributed by atoms with E-state index in [9.17, 15) is 4.79 Å². The number of aliphatic carboxylic acids is 1. The topological polar surface area (TPSA) is 65.0 Å². The molecule has 0 radical (unpaired) electrons. The number of methoxy groups -OCH3 is 3. The molecule has 0 saturated heterocycles. The first-order valence-corrected chi connectivity index (χ1v) is 5.30. The van der Waals surface area contributed by atoms with Gasteiger partial charge >= 0.3 is 5.97 Å². The van der Waals surface area contributed by atoms with E-state index in [-0.39, 0.29) is 6.42 Å². The fourth-order valence-electron chi connectivity index (χ4n) is 1.49. The maximum Gasteiger partial charge on any atom is 0.307 e. The molecule has 1 aromatic rings. The average molecular weight is 252 g/mol. The van der Waals surface area contributed by atoms with Gasteiger partial charge in [-0.1, -0.05) is 12.2 Å². The lowest BCUT2D eigenvalue weighted by molar-refractivity contribution is -0.135. The number of benzene rings is 1. The summed E-state index contributed by atoms with van der Waals surface area (Å²) in [6.07, 6.45) is 3.22. The quantitative estimate of drug-likeness (QED) is 0.840. The second-order valence-electron chi connectivity index (χ2n) is 3.46. The second kappa shape index (κ2) is 6.54. The Bertz CT molecular complexity index is 426. The van der Waals surface area contributed by atoms with E-state index in [1.54, 1.807) is 24.3 Å². The van der Waals surface area contributed by atoms with Crippen molar-refractivity contribution in [1.29, 1.82) is 0 Å². The van der Waals surface area contributed by atoms with E-state index < -0.39 is 5.97 Å². The highest BCUT2D eigenvalue weighted by Crippen LogP contribution is 2.38. The summed E-state index contributed by atoms with van der Waals surface area (Å²) in [6, 6.07) is 3.50. The van der Waals surface area contributed by atoms with Gasteiger partial charge in [0, 0.05) is 0 Å². The van der Waals surface area contributed by atoms with Gasteiger partial charge in [0.05, 0.1) is 27.8 Å². The van der Waals surface area contributed by atoms with Gasteiger partial charge in [-0.25, -0.2) is 0 Å². The van der Waals surface area contributed by atoms with Crippen molar-refractivity contribution in [1.82, 2.24) is 0 Å². The van der Waals surface area contributed by atoms with E-state index in [1.807, 2.05) is 0 Å². The molecule has 0 unspecified atom stereocenters. The number of carboxylic acid groups (broad SMARTS) is 1. The van der Waals surface area contributed by atoms with Gasteiger partial charge in [-0.2, -0.15) is 0 Å². The van der Waals surface area contributed by atoms with Crippen molar-refractivity contribution in [3.05, 3.63) is 23.8 Å². The van der Waals surface area contributed by atoms with Crippen LogP contribution in [0, 0.1) is 0 Å². The van der Waals surface area contributed by atoms with Crippen LogP contribution in [0.2, 0.25) is 0 Å². The van der Waals surface area contributed by atoms with Gasteiger partial charge in [0.25, 0.3) is 0 Å². The molecule has 5 nitrogen and oxygen atoms in total. The molecule has 5 heteroatoms. The molecule has 0 saturated carbocycles. The predicted molar refractivity (Wildman–Crippen MR) is 67.4 cm³/mol. The molecular formula is C13H16O5. The molecule has 0 fully saturated rings. The highest BCUT2D eigenvalue weighted by molar-refractivity contribution is 5.71. The Morgan fingerprint density at radius 2 is 1.72 bits per heavy atom. The van der Waals surface area contributed by atoms with Crippen LogP contribution in [0.3, 0.4) is 0 Å². The van der Waals surface area contributed by atoms with Crippen molar-refractivity contribution in [2.75, 3.05) is 21.3 Å². The van der Waals surface area contributed by atoms with Crippen LogP contribution >= 0.6 is 0 Å². The first kappa shape index (κ1) is 13.9. The van der Waals surface area contributed by atoms with Crippen molar-refractivity contribution in [2.24, 2.45) is 0 Å². The van der Waals surface area contributed by atoms with Crippen molar-refractivity contribution in [3.8, 4) is 17.2 Å². The molecule has 0 aliphatic carbocycles. The lowest BCUT2D eigenvalue weighted by Gasteiger charge is -2.12. The maximum atomic E-state index is 10.4. The van der Waals surface area contributed by atoms with E-state index in [0.29, 0.717) is 17.2 Å². The molecule has 0 aliphatic rings. The van der Waals surface area contributed by atoms with Crippen molar-refractivity contribution < 1.29 is 24.1 Å². The Hall–Kier alpha value is -2.17. The number of carbonyl (C=O) groups is 1. The fourth-order valence-corrected chi connectivity index (χ4v) is 1.49. The van der Waals surface area contributed by atoms with Crippen LogP contribution in [-0.2, 0) is 4.79 Å². The molecule has 0 atom stereocenters. The monoisotopic (exact) mass is 252 g/mol. The van der Waals surface area contributed by atoms with Crippen LogP contribution in [-0.4, -0.2) is 32.4 Å². The summed E-state index contributed by atoms with van der Waals surface area (Å²) in [4.78, 5) is 10.4. The lowest BCUT2D eigenvalue weighted by Crippen LogP contribution is -1.95. The summed E-state index contributed by atoms with van der Waals surface area (Å²) in [6.45, 7) is 0. The maximum absolute atomic E-state index is 10.4. The van der Waals surface area contributed by atoms with Gasteiger partial charge in [-0.3, -0.25) is 4.79 Å². The smallest absolute Gasteiger partial charge is 0.307 e. The van der Waals surface area contributed by atoms with E-state index in [0.717, 1.165) is 5.56 Å². The molecule has 0 spiro atoms. The van der Waals surface area contributed by atoms with Crippen LogP contribution in [0.15, 0.2) is 18.2 Å². The van der Waals surface area contributed by atoms with Gasteiger partial charge in [0.1, 0.15) is 0 Å². The Labute approximate surface area is 106 Å². The van der Waals surface area contributed by atoms with Crippen LogP contribution in [0.4, 0.5) is 0 Å². The zero-order valence-corrected chi connectivity index (χ0v) is 10.6. The summed E-state index contributed by atoms with van der Waals surface area (Å²) in [7, 11) is 4.59. The lowest BCUT2D eigenvalue weighted by atomic mass is 10.1. The van der Waals surface area contributed by atoms with Crippen molar-refractivity contribution in [3.63, 3.8) is 0 Å². The van der Waals surface area contributed by atoms with Gasteiger partial charge in [0.15, 0.2) is 11.5 Å². The normalized spacial score (nSPS) is 10.4. The predicted octanol–water partition coefficient (Wildman–Crippen LogP) is 2.20. The van der Waals surface area contributed by atoms with Gasteiger partial charge in [-0.05, 0) is 17.7 Å². The van der Waals surface area contributed by atoms with E-state index in [2.05, 4.69) is 0 Å². The number of hydrogen-bond donors (Lipinski definition) is 1. The second-order valence-corrected chi connectivity index (χ2v) is 3.46. The zero-order chi connectivity index (χ0) is 13.5. The van der Waals surface area contributed by atoms with Gasteiger partial charge in [0.2, 0.25) is 5.75 Å². The number of hydrogen-bond acceptors (Lipinski definition) is 4. The Kier molecular flexibility index (Phi) is 5.05. The highest BCUT2D eigenvalue weighted by Gasteiger charge is 2.11. The molecule has 1 aromatic carbocycles. The third kappa shape index (κ3) is 3.41. The number of rotatable bonds is 6. The Morgan fingerprint density at radius 3 is 2.11 bits per heavy atom. The first-order valence-electron chi connectivity index (χ1n) is 5.30. The minimum atomic E-state index is -0.876. The van der Waals surface area contributed by atoms with Crippen LogP contribution in [0.25, 0.3) is 6.08 Å².